The van der Waals surface area contributed by atoms with E-state index in [1.165, 1.54) is 59.8 Å². The molecule has 0 saturated heterocycles. The number of nitrogens with one attached hydrogen (secondary N) is 1. The second-order valence-corrected chi connectivity index (χ2v) is 7.45. The highest BCUT2D eigenvalue weighted by atomic mass is 15.0. The van der Waals surface area contributed by atoms with E-state index in [0.717, 1.165) is 25.4 Å². The van der Waals surface area contributed by atoms with E-state index in [1.54, 1.807) is 5.57 Å². The van der Waals surface area contributed by atoms with Crippen molar-refractivity contribution in [2.24, 2.45) is 5.92 Å². The number of allylic oxidation sites excluding steroid dienone is 1. The lowest BCUT2D eigenvalue weighted by Crippen LogP contribution is -2.24. The molecular weight excluding hydrogens is 280 g/mol. The van der Waals surface area contributed by atoms with Gasteiger partial charge in [-0.1, -0.05) is 36.5 Å². The van der Waals surface area contributed by atoms with Crippen LogP contribution in [-0.4, -0.2) is 11.1 Å². The van der Waals surface area contributed by atoms with Crippen molar-refractivity contribution in [3.63, 3.8) is 0 Å². The maximum atomic E-state index is 3.55. The number of benzene rings is 1. The van der Waals surface area contributed by atoms with Crippen LogP contribution in [0.2, 0.25) is 0 Å². The number of fused-ring (bicyclic) bond motifs is 3. The van der Waals surface area contributed by atoms with Crippen LogP contribution >= 0.6 is 0 Å². The first-order chi connectivity index (χ1) is 11.2. The number of aryl methyl sites for hydroxylation is 1. The minimum Gasteiger partial charge on any atom is -0.320 e. The molecule has 0 amide bonds. The maximum absolute atomic E-state index is 3.55. The lowest BCUT2D eigenvalue weighted by Gasteiger charge is -2.23. The second kappa shape index (κ2) is 6.16. The van der Waals surface area contributed by atoms with Crippen molar-refractivity contribution in [3.05, 3.63) is 40.6 Å². The molecule has 1 aliphatic carbocycles. The summed E-state index contributed by atoms with van der Waals surface area (Å²) in [6.07, 6.45) is 10.6. The number of aromatic nitrogens is 1. The van der Waals surface area contributed by atoms with Crippen LogP contribution in [0.1, 0.15) is 55.8 Å². The third-order valence-electron chi connectivity index (χ3n) is 5.80. The molecular formula is C21H28N2. The summed E-state index contributed by atoms with van der Waals surface area (Å²) in [6, 6.07) is 6.93. The molecule has 0 spiro atoms. The standard InChI is InChI=1S/C21H28N2/c1-15-8-9-20-18(12-15)19-13-22-11-10-21(19)23(20)14-16(2)17-6-4-3-5-7-17/h8-9,12,14,17,22H,3-7,10-11,13H2,1-2H3/b16-14+. The molecule has 1 fully saturated rings. The molecule has 23 heavy (non-hydrogen) atoms. The van der Waals surface area contributed by atoms with E-state index >= 15 is 0 Å². The summed E-state index contributed by atoms with van der Waals surface area (Å²) in [5, 5.41) is 4.99. The summed E-state index contributed by atoms with van der Waals surface area (Å²) in [6.45, 7) is 6.66. The fourth-order valence-corrected chi connectivity index (χ4v) is 4.45. The van der Waals surface area contributed by atoms with Crippen LogP contribution < -0.4 is 5.32 Å². The third kappa shape index (κ3) is 2.74. The normalized spacial score (nSPS) is 20.0. The van der Waals surface area contributed by atoms with Gasteiger partial charge >= 0.3 is 0 Å². The van der Waals surface area contributed by atoms with E-state index in [2.05, 4.69) is 48.1 Å². The Balaban J connectivity index is 1.82. The molecule has 2 heteroatoms. The largest absolute Gasteiger partial charge is 0.320 e. The SMILES string of the molecule is C/C(=C\n1c2c(c3cc(C)ccc31)CNCC2)C1CCCCC1. The first-order valence-electron chi connectivity index (χ1n) is 9.25. The molecule has 1 N–H and O–H groups in total. The van der Waals surface area contributed by atoms with Crippen molar-refractivity contribution < 1.29 is 0 Å². The Bertz CT molecular complexity index is 745. The van der Waals surface area contributed by atoms with Gasteiger partial charge in [0.05, 0.1) is 5.52 Å². The maximum Gasteiger partial charge on any atom is 0.0528 e. The molecule has 1 aliphatic heterocycles. The lowest BCUT2D eigenvalue weighted by molar-refractivity contribution is 0.404. The average molecular weight is 308 g/mol. The molecule has 4 rings (SSSR count). The van der Waals surface area contributed by atoms with Crippen LogP contribution in [0.15, 0.2) is 23.8 Å². The number of hydrogen-bond acceptors (Lipinski definition) is 1. The van der Waals surface area contributed by atoms with Gasteiger partial charge in [0.1, 0.15) is 0 Å². The predicted molar refractivity (Wildman–Crippen MR) is 98.6 cm³/mol. The quantitative estimate of drug-likeness (QED) is 0.822. The first kappa shape index (κ1) is 15.0. The highest BCUT2D eigenvalue weighted by Gasteiger charge is 2.20. The van der Waals surface area contributed by atoms with E-state index < -0.39 is 0 Å². The van der Waals surface area contributed by atoms with Crippen molar-refractivity contribution in [1.29, 1.82) is 0 Å². The summed E-state index contributed by atoms with van der Waals surface area (Å²) < 4.78 is 2.51. The molecule has 2 heterocycles. The minimum absolute atomic E-state index is 0.795. The minimum atomic E-state index is 0.795. The van der Waals surface area contributed by atoms with Crippen molar-refractivity contribution in [2.45, 2.75) is 58.9 Å². The molecule has 2 aromatic rings. The van der Waals surface area contributed by atoms with Crippen molar-refractivity contribution in [2.75, 3.05) is 6.54 Å². The van der Waals surface area contributed by atoms with Crippen molar-refractivity contribution in [3.8, 4) is 0 Å². The van der Waals surface area contributed by atoms with Gasteiger partial charge in [0.25, 0.3) is 0 Å². The zero-order valence-corrected chi connectivity index (χ0v) is 14.5. The monoisotopic (exact) mass is 308 g/mol. The highest BCUT2D eigenvalue weighted by molar-refractivity contribution is 5.88. The zero-order valence-electron chi connectivity index (χ0n) is 14.5. The fraction of sp³-hybridized carbons (Fsp3) is 0.524. The van der Waals surface area contributed by atoms with Crippen LogP contribution in [0.5, 0.6) is 0 Å². The van der Waals surface area contributed by atoms with Crippen LogP contribution in [-0.2, 0) is 13.0 Å². The van der Waals surface area contributed by atoms with Gasteiger partial charge in [0.15, 0.2) is 0 Å². The summed E-state index contributed by atoms with van der Waals surface area (Å²) >= 11 is 0. The average Bonchev–Trinajstić information content (AvgIpc) is 2.89. The molecule has 1 saturated carbocycles. The molecule has 1 aromatic heterocycles. The lowest BCUT2D eigenvalue weighted by atomic mass is 9.85. The van der Waals surface area contributed by atoms with Crippen LogP contribution in [0.4, 0.5) is 0 Å². The molecule has 122 valence electrons. The van der Waals surface area contributed by atoms with E-state index in [1.807, 2.05) is 0 Å². The highest BCUT2D eigenvalue weighted by Crippen LogP contribution is 2.33. The number of rotatable bonds is 2. The summed E-state index contributed by atoms with van der Waals surface area (Å²) in [5.41, 5.74) is 7.36. The predicted octanol–water partition coefficient (Wildman–Crippen LogP) is 5.04. The molecule has 2 aliphatic rings. The second-order valence-electron chi connectivity index (χ2n) is 7.45. The molecule has 1 aromatic carbocycles. The Labute approximate surface area is 139 Å². The topological polar surface area (TPSA) is 17.0 Å². The van der Waals surface area contributed by atoms with Crippen molar-refractivity contribution >= 4 is 17.1 Å². The number of nitrogens with zero attached hydrogens (tertiary/aromatic N) is 1. The smallest absolute Gasteiger partial charge is 0.0528 e. The van der Waals surface area contributed by atoms with Crippen LogP contribution in [0.3, 0.4) is 0 Å². The first-order valence-corrected chi connectivity index (χ1v) is 9.25. The van der Waals surface area contributed by atoms with Gasteiger partial charge in [0, 0.05) is 36.8 Å². The molecule has 2 nitrogen and oxygen atoms in total. The third-order valence-corrected chi connectivity index (χ3v) is 5.80. The van der Waals surface area contributed by atoms with Gasteiger partial charge in [-0.05, 0) is 50.3 Å². The molecule has 0 atom stereocenters. The van der Waals surface area contributed by atoms with Crippen LogP contribution in [0, 0.1) is 12.8 Å². The Morgan fingerprint density at radius 1 is 1.22 bits per heavy atom. The van der Waals surface area contributed by atoms with Gasteiger partial charge in [-0.15, -0.1) is 0 Å². The van der Waals surface area contributed by atoms with Gasteiger partial charge in [-0.2, -0.15) is 0 Å². The summed E-state index contributed by atoms with van der Waals surface area (Å²) in [7, 11) is 0. The zero-order chi connectivity index (χ0) is 15.8. The van der Waals surface area contributed by atoms with E-state index in [4.69, 9.17) is 0 Å². The van der Waals surface area contributed by atoms with E-state index in [0.29, 0.717) is 0 Å². The fourth-order valence-electron chi connectivity index (χ4n) is 4.45. The van der Waals surface area contributed by atoms with Gasteiger partial charge in [-0.3, -0.25) is 0 Å². The summed E-state index contributed by atoms with van der Waals surface area (Å²) in [4.78, 5) is 0. The van der Waals surface area contributed by atoms with Gasteiger partial charge < -0.3 is 9.88 Å². The molecule has 0 unspecified atom stereocenters. The van der Waals surface area contributed by atoms with Crippen LogP contribution in [0.25, 0.3) is 17.1 Å². The Hall–Kier alpha value is -1.54. The number of hydrogen-bond donors (Lipinski definition) is 1. The molecule has 0 bridgehead atoms. The Morgan fingerprint density at radius 3 is 2.87 bits per heavy atom. The summed E-state index contributed by atoms with van der Waals surface area (Å²) in [5.74, 6) is 0.795. The molecule has 0 radical (unpaired) electrons. The van der Waals surface area contributed by atoms with E-state index in [-0.39, 0.29) is 0 Å². The van der Waals surface area contributed by atoms with E-state index in [9.17, 15) is 0 Å². The van der Waals surface area contributed by atoms with Crippen molar-refractivity contribution in [1.82, 2.24) is 9.88 Å². The van der Waals surface area contributed by atoms with Gasteiger partial charge in [0.2, 0.25) is 0 Å². The Morgan fingerprint density at radius 2 is 2.04 bits per heavy atom. The Kier molecular flexibility index (Phi) is 4.02. The van der Waals surface area contributed by atoms with Gasteiger partial charge in [-0.25, -0.2) is 0 Å².